The fourth-order valence-electron chi connectivity index (χ4n) is 4.98. The predicted octanol–water partition coefficient (Wildman–Crippen LogP) is 3.89. The second-order valence-corrected chi connectivity index (χ2v) is 9.38. The lowest BCUT2D eigenvalue weighted by molar-refractivity contribution is 0.148. The molecule has 0 aromatic carbocycles. The van der Waals surface area contributed by atoms with Gasteiger partial charge in [-0.15, -0.1) is 0 Å². The third-order valence-corrected chi connectivity index (χ3v) is 8.62. The van der Waals surface area contributed by atoms with E-state index in [1.165, 1.54) is 44.9 Å². The molecular formula is C15H30O2Si. The molecule has 2 aliphatic carbocycles. The summed E-state index contributed by atoms with van der Waals surface area (Å²) in [6.45, 7) is 4.87. The lowest BCUT2D eigenvalue weighted by Gasteiger charge is -2.46. The lowest BCUT2D eigenvalue weighted by Crippen LogP contribution is -2.44. The third kappa shape index (κ3) is 2.41. The van der Waals surface area contributed by atoms with E-state index in [0.29, 0.717) is 5.04 Å². The molecule has 18 heavy (non-hydrogen) atoms. The summed E-state index contributed by atoms with van der Waals surface area (Å²) in [5.74, 6) is 2.50. The molecule has 2 aliphatic rings. The minimum atomic E-state index is -1.55. The van der Waals surface area contributed by atoms with Crippen LogP contribution in [-0.2, 0) is 8.85 Å². The van der Waals surface area contributed by atoms with Gasteiger partial charge < -0.3 is 8.85 Å². The molecule has 0 amide bonds. The largest absolute Gasteiger partial charge is 0.400 e. The zero-order valence-electron chi connectivity index (χ0n) is 12.6. The van der Waals surface area contributed by atoms with Crippen molar-refractivity contribution in [1.82, 2.24) is 0 Å². The van der Waals surface area contributed by atoms with Crippen LogP contribution < -0.4 is 0 Å². The summed E-state index contributed by atoms with van der Waals surface area (Å²) in [6.07, 6.45) is 9.80. The lowest BCUT2D eigenvalue weighted by atomic mass is 9.75. The maximum Gasteiger partial charge on any atom is 0.327 e. The highest BCUT2D eigenvalue weighted by Gasteiger charge is 2.55. The Hall–Kier alpha value is 0.137. The first kappa shape index (κ1) is 14.5. The molecular weight excluding hydrogens is 240 g/mol. The Bertz CT molecular complexity index is 261. The van der Waals surface area contributed by atoms with Crippen molar-refractivity contribution in [2.45, 2.75) is 63.8 Å². The Morgan fingerprint density at radius 1 is 1.00 bits per heavy atom. The molecule has 2 rings (SSSR count). The number of hydrogen-bond donors (Lipinski definition) is 0. The smallest absolute Gasteiger partial charge is 0.327 e. The van der Waals surface area contributed by atoms with E-state index >= 15 is 0 Å². The van der Waals surface area contributed by atoms with Gasteiger partial charge in [0.25, 0.3) is 0 Å². The van der Waals surface area contributed by atoms with Crippen LogP contribution in [0, 0.1) is 17.8 Å². The number of rotatable bonds is 4. The van der Waals surface area contributed by atoms with Crippen molar-refractivity contribution in [3.8, 4) is 0 Å². The Kier molecular flexibility index (Phi) is 4.90. The predicted molar refractivity (Wildman–Crippen MR) is 78.0 cm³/mol. The van der Waals surface area contributed by atoms with Crippen molar-refractivity contribution < 1.29 is 8.85 Å². The molecule has 0 aromatic rings. The van der Waals surface area contributed by atoms with Gasteiger partial charge in [-0.3, -0.25) is 0 Å². The normalized spacial score (nSPS) is 38.5. The summed E-state index contributed by atoms with van der Waals surface area (Å²) in [5, 5.41) is 0.406. The van der Waals surface area contributed by atoms with Gasteiger partial charge in [-0.05, 0) is 30.6 Å². The quantitative estimate of drug-likeness (QED) is 0.722. The van der Waals surface area contributed by atoms with Crippen LogP contribution in [0.25, 0.3) is 0 Å². The first-order valence-corrected chi connectivity index (χ1v) is 9.22. The van der Waals surface area contributed by atoms with Crippen molar-refractivity contribution in [2.75, 3.05) is 14.2 Å². The second kappa shape index (κ2) is 6.06. The molecule has 0 N–H and O–H groups in total. The van der Waals surface area contributed by atoms with E-state index in [9.17, 15) is 0 Å². The first-order valence-electron chi connectivity index (χ1n) is 7.70. The van der Waals surface area contributed by atoms with Crippen LogP contribution in [0.5, 0.6) is 0 Å². The zero-order valence-corrected chi connectivity index (χ0v) is 13.7. The monoisotopic (exact) mass is 270 g/mol. The van der Waals surface area contributed by atoms with Gasteiger partial charge >= 0.3 is 9.28 Å². The Balaban J connectivity index is 2.26. The maximum atomic E-state index is 5.88. The van der Waals surface area contributed by atoms with Crippen LogP contribution in [0.4, 0.5) is 0 Å². The fraction of sp³-hybridized carbons (Fsp3) is 1.00. The molecule has 0 bridgehead atoms. The molecule has 0 aromatic heterocycles. The van der Waals surface area contributed by atoms with E-state index in [1.54, 1.807) is 0 Å². The summed E-state index contributed by atoms with van der Waals surface area (Å²) in [5.41, 5.74) is 0. The molecule has 2 nitrogen and oxygen atoms in total. The highest BCUT2D eigenvalue weighted by Crippen LogP contribution is 2.62. The molecule has 3 atom stereocenters. The third-order valence-electron chi connectivity index (χ3n) is 5.61. The SMILES string of the molecule is CO[SiH](OC)C1(C2CCCCC2)CC(C)CC1C. The molecule has 3 unspecified atom stereocenters. The summed E-state index contributed by atoms with van der Waals surface area (Å²) in [7, 11) is 2.20. The summed E-state index contributed by atoms with van der Waals surface area (Å²) in [6, 6.07) is 0. The zero-order chi connectivity index (χ0) is 13.2. The Morgan fingerprint density at radius 2 is 1.61 bits per heavy atom. The van der Waals surface area contributed by atoms with Gasteiger partial charge in [0.2, 0.25) is 0 Å². The summed E-state index contributed by atoms with van der Waals surface area (Å²) >= 11 is 0. The topological polar surface area (TPSA) is 18.5 Å². The van der Waals surface area contributed by atoms with Crippen LogP contribution in [0.2, 0.25) is 5.04 Å². The molecule has 0 aliphatic heterocycles. The molecule has 2 fully saturated rings. The summed E-state index contributed by atoms with van der Waals surface area (Å²) < 4.78 is 11.8. The highest BCUT2D eigenvalue weighted by atomic mass is 28.3. The standard InChI is InChI=1S/C15H30O2Si/c1-12-10-13(2)15(11-12,18(16-3)17-4)14-8-6-5-7-9-14/h12-14,18H,5-11H2,1-4H3. The van der Waals surface area contributed by atoms with Gasteiger partial charge in [-0.1, -0.05) is 46.0 Å². The average Bonchev–Trinajstić information content (AvgIpc) is 2.68. The Morgan fingerprint density at radius 3 is 2.06 bits per heavy atom. The minimum absolute atomic E-state index is 0.406. The van der Waals surface area contributed by atoms with Crippen molar-refractivity contribution in [3.05, 3.63) is 0 Å². The van der Waals surface area contributed by atoms with E-state index in [1.807, 2.05) is 14.2 Å². The van der Waals surface area contributed by atoms with Crippen LogP contribution in [0.1, 0.15) is 58.8 Å². The van der Waals surface area contributed by atoms with Crippen LogP contribution in [0.3, 0.4) is 0 Å². The highest BCUT2D eigenvalue weighted by molar-refractivity contribution is 6.49. The van der Waals surface area contributed by atoms with E-state index in [2.05, 4.69) is 13.8 Å². The van der Waals surface area contributed by atoms with Crippen molar-refractivity contribution in [1.29, 1.82) is 0 Å². The number of hydrogen-bond acceptors (Lipinski definition) is 2. The maximum absolute atomic E-state index is 5.88. The molecule has 0 heterocycles. The van der Waals surface area contributed by atoms with Crippen molar-refractivity contribution in [2.24, 2.45) is 17.8 Å². The van der Waals surface area contributed by atoms with Crippen molar-refractivity contribution in [3.63, 3.8) is 0 Å². The molecule has 0 radical (unpaired) electrons. The summed E-state index contributed by atoms with van der Waals surface area (Å²) in [4.78, 5) is 0. The average molecular weight is 270 g/mol. The van der Waals surface area contributed by atoms with Gasteiger partial charge in [0.1, 0.15) is 0 Å². The van der Waals surface area contributed by atoms with Crippen LogP contribution in [-0.4, -0.2) is 23.5 Å². The van der Waals surface area contributed by atoms with Gasteiger partial charge in [-0.2, -0.15) is 0 Å². The minimum Gasteiger partial charge on any atom is -0.400 e. The molecule has 0 spiro atoms. The molecule has 3 heteroatoms. The van der Waals surface area contributed by atoms with Gasteiger partial charge in [0.15, 0.2) is 0 Å². The van der Waals surface area contributed by atoms with E-state index in [4.69, 9.17) is 8.85 Å². The molecule has 2 saturated carbocycles. The van der Waals surface area contributed by atoms with Gasteiger partial charge in [-0.25, -0.2) is 0 Å². The first-order chi connectivity index (χ1) is 8.65. The van der Waals surface area contributed by atoms with E-state index < -0.39 is 9.28 Å². The fourth-order valence-corrected chi connectivity index (χ4v) is 7.96. The van der Waals surface area contributed by atoms with Crippen LogP contribution in [0.15, 0.2) is 0 Å². The molecule has 0 saturated heterocycles. The van der Waals surface area contributed by atoms with E-state index in [-0.39, 0.29) is 0 Å². The van der Waals surface area contributed by atoms with Gasteiger partial charge in [0.05, 0.1) is 0 Å². The van der Waals surface area contributed by atoms with Crippen LogP contribution >= 0.6 is 0 Å². The van der Waals surface area contributed by atoms with Crippen molar-refractivity contribution >= 4 is 9.28 Å². The van der Waals surface area contributed by atoms with Gasteiger partial charge in [0, 0.05) is 19.3 Å². The molecule has 106 valence electrons. The Labute approximate surface area is 114 Å². The van der Waals surface area contributed by atoms with E-state index in [0.717, 1.165) is 17.8 Å². The second-order valence-electron chi connectivity index (χ2n) is 6.70.